The first-order chi connectivity index (χ1) is 20.4. The number of carbonyl (C=O) groups excluding carboxylic acids is 3. The van der Waals surface area contributed by atoms with Crippen LogP contribution >= 0.6 is 0 Å². The van der Waals surface area contributed by atoms with E-state index in [0.29, 0.717) is 26.1 Å². The summed E-state index contributed by atoms with van der Waals surface area (Å²) in [5.41, 5.74) is -1.13. The predicted octanol–water partition coefficient (Wildman–Crippen LogP) is 4.43. The van der Waals surface area contributed by atoms with Gasteiger partial charge in [0.05, 0.1) is 30.1 Å². The van der Waals surface area contributed by atoms with Crippen molar-refractivity contribution in [2.24, 2.45) is 23.7 Å². The second kappa shape index (κ2) is 12.9. The van der Waals surface area contributed by atoms with Gasteiger partial charge in [0.25, 0.3) is 0 Å². The summed E-state index contributed by atoms with van der Waals surface area (Å²) in [7, 11) is 0. The third-order valence-electron chi connectivity index (χ3n) is 10.3. The highest BCUT2D eigenvalue weighted by Crippen LogP contribution is 2.66. The maximum Gasteiger partial charge on any atom is 0.248 e. The molecule has 3 amide bonds. The zero-order valence-corrected chi connectivity index (χ0v) is 26.9. The number of hydrogen-bond donors (Lipinski definition) is 1. The standard InChI is InChI=1S/C35H51N3O5/c1-9-15-25(7)37(19-11-3)33(42)30-35-20-24(6)34(8,43-35)28(29(35)32(41)38(30)27(22-39)23(4)5)31(40)36(18-10-2)21-26-16-13-12-14-17-26/h10-14,16-17,23-25,27-30,39H,2-3,9,15,18-22H2,1,4-8H3/t24?,25?,27-,28-,29-,30?,34+,35?/m0/s1. The Morgan fingerprint density at radius 3 is 2.35 bits per heavy atom. The van der Waals surface area contributed by atoms with Gasteiger partial charge in [-0.15, -0.1) is 13.2 Å². The Bertz CT molecular complexity index is 1200. The van der Waals surface area contributed by atoms with Crippen LogP contribution in [0.3, 0.4) is 0 Å². The van der Waals surface area contributed by atoms with Crippen LogP contribution in [0.5, 0.6) is 0 Å². The van der Waals surface area contributed by atoms with Crippen molar-refractivity contribution in [3.05, 3.63) is 61.2 Å². The first-order valence-electron chi connectivity index (χ1n) is 15.9. The lowest BCUT2D eigenvalue weighted by molar-refractivity contribution is -0.159. The molecular weight excluding hydrogens is 542 g/mol. The summed E-state index contributed by atoms with van der Waals surface area (Å²) in [5.74, 6) is -2.45. The van der Waals surface area contributed by atoms with Crippen molar-refractivity contribution in [2.75, 3.05) is 19.7 Å². The fourth-order valence-electron chi connectivity index (χ4n) is 8.06. The highest BCUT2D eigenvalue weighted by molar-refractivity contribution is 5.99. The molecule has 43 heavy (non-hydrogen) atoms. The van der Waals surface area contributed by atoms with E-state index in [2.05, 4.69) is 27.0 Å². The van der Waals surface area contributed by atoms with Gasteiger partial charge in [0, 0.05) is 25.7 Å². The van der Waals surface area contributed by atoms with Gasteiger partial charge in [-0.2, -0.15) is 0 Å². The minimum Gasteiger partial charge on any atom is -0.394 e. The number of aliphatic hydroxyl groups is 1. The van der Waals surface area contributed by atoms with E-state index in [4.69, 9.17) is 4.74 Å². The van der Waals surface area contributed by atoms with E-state index >= 15 is 0 Å². The van der Waals surface area contributed by atoms with Crippen molar-refractivity contribution >= 4 is 17.7 Å². The molecule has 236 valence electrons. The topological polar surface area (TPSA) is 90.4 Å². The number of ether oxygens (including phenoxy) is 1. The molecule has 4 rings (SSSR count). The Balaban J connectivity index is 1.84. The minimum atomic E-state index is -1.18. The molecule has 3 aliphatic rings. The van der Waals surface area contributed by atoms with Crippen LogP contribution in [0, 0.1) is 23.7 Å². The number of carbonyl (C=O) groups is 3. The van der Waals surface area contributed by atoms with Crippen LogP contribution in [-0.2, 0) is 25.7 Å². The zero-order valence-electron chi connectivity index (χ0n) is 26.9. The highest BCUT2D eigenvalue weighted by atomic mass is 16.5. The quantitative estimate of drug-likeness (QED) is 0.323. The molecule has 0 saturated carbocycles. The zero-order chi connectivity index (χ0) is 31.7. The van der Waals surface area contributed by atoms with E-state index in [0.717, 1.165) is 18.4 Å². The third-order valence-corrected chi connectivity index (χ3v) is 10.3. The van der Waals surface area contributed by atoms with Crippen molar-refractivity contribution in [1.82, 2.24) is 14.7 Å². The molecule has 0 aliphatic carbocycles. The van der Waals surface area contributed by atoms with Crippen LogP contribution in [0.2, 0.25) is 0 Å². The number of aliphatic hydroxyl groups excluding tert-OH is 1. The van der Waals surface area contributed by atoms with Gasteiger partial charge in [-0.25, -0.2) is 0 Å². The van der Waals surface area contributed by atoms with Crippen LogP contribution in [0.15, 0.2) is 55.6 Å². The monoisotopic (exact) mass is 593 g/mol. The molecule has 8 heteroatoms. The summed E-state index contributed by atoms with van der Waals surface area (Å²) in [6, 6.07) is 8.15. The van der Waals surface area contributed by atoms with Crippen molar-refractivity contribution in [3.63, 3.8) is 0 Å². The smallest absolute Gasteiger partial charge is 0.248 e. The van der Waals surface area contributed by atoms with E-state index in [9.17, 15) is 19.5 Å². The fourth-order valence-corrected chi connectivity index (χ4v) is 8.06. The number of rotatable bonds is 14. The first-order valence-corrected chi connectivity index (χ1v) is 15.9. The lowest BCUT2D eigenvalue weighted by Gasteiger charge is -2.42. The Kier molecular flexibility index (Phi) is 9.92. The molecule has 3 heterocycles. The van der Waals surface area contributed by atoms with E-state index in [1.807, 2.05) is 58.0 Å². The van der Waals surface area contributed by atoms with Gasteiger partial charge in [0.2, 0.25) is 17.7 Å². The molecule has 1 aromatic rings. The van der Waals surface area contributed by atoms with Crippen LogP contribution < -0.4 is 0 Å². The molecule has 1 spiro atoms. The third kappa shape index (κ3) is 5.46. The second-order valence-electron chi connectivity index (χ2n) is 13.4. The van der Waals surface area contributed by atoms with Gasteiger partial charge in [-0.05, 0) is 44.1 Å². The van der Waals surface area contributed by atoms with Crippen molar-refractivity contribution in [2.45, 2.75) is 96.7 Å². The molecule has 0 aromatic heterocycles. The summed E-state index contributed by atoms with van der Waals surface area (Å²) in [6.45, 7) is 20.5. The molecular formula is C35H51N3O5. The molecule has 3 fully saturated rings. The second-order valence-corrected chi connectivity index (χ2v) is 13.4. The summed E-state index contributed by atoms with van der Waals surface area (Å²) in [4.78, 5) is 49.2. The Hall–Kier alpha value is -2.97. The van der Waals surface area contributed by atoms with E-state index < -0.39 is 35.1 Å². The lowest BCUT2D eigenvalue weighted by atomic mass is 9.62. The van der Waals surface area contributed by atoms with Crippen molar-refractivity contribution in [1.29, 1.82) is 0 Å². The van der Waals surface area contributed by atoms with Gasteiger partial charge in [0.15, 0.2) is 0 Å². The first kappa shape index (κ1) is 32.9. The van der Waals surface area contributed by atoms with E-state index in [1.54, 1.807) is 26.9 Å². The molecule has 1 N–H and O–H groups in total. The molecule has 1 aromatic carbocycles. The molecule has 4 unspecified atom stereocenters. The summed E-state index contributed by atoms with van der Waals surface area (Å²) in [5, 5.41) is 10.6. The van der Waals surface area contributed by atoms with Crippen LogP contribution in [-0.4, -0.2) is 86.6 Å². The molecule has 0 radical (unpaired) electrons. The Labute approximate surface area is 257 Å². The van der Waals surface area contributed by atoms with Crippen LogP contribution in [0.4, 0.5) is 0 Å². The van der Waals surface area contributed by atoms with E-state index in [1.165, 1.54) is 0 Å². The summed E-state index contributed by atoms with van der Waals surface area (Å²) < 4.78 is 6.98. The molecule has 2 bridgehead atoms. The van der Waals surface area contributed by atoms with Gasteiger partial charge in [-0.3, -0.25) is 14.4 Å². The summed E-state index contributed by atoms with van der Waals surface area (Å²) >= 11 is 0. The SMILES string of the molecule is C=CCN(Cc1ccccc1)C(=O)[C@@H]1[C@H]2C(=O)N([C@@H](CO)C(C)C)C(C(=O)N(CC=C)C(C)CCC)C23CC(C)[C@@]1(C)O3. The number of hydrogen-bond acceptors (Lipinski definition) is 5. The number of nitrogens with zero attached hydrogens (tertiary/aromatic N) is 3. The largest absolute Gasteiger partial charge is 0.394 e. The van der Waals surface area contributed by atoms with Crippen LogP contribution in [0.25, 0.3) is 0 Å². The number of likely N-dealkylation sites (tertiary alicyclic amines) is 1. The molecule has 8 atom stereocenters. The maximum absolute atomic E-state index is 14.8. The lowest BCUT2D eigenvalue weighted by Crippen LogP contribution is -2.60. The van der Waals surface area contributed by atoms with Crippen molar-refractivity contribution in [3.8, 4) is 0 Å². The fraction of sp³-hybridized carbons (Fsp3) is 0.629. The average molecular weight is 594 g/mol. The normalized spacial score (nSPS) is 30.7. The van der Waals surface area contributed by atoms with Gasteiger partial charge in [0.1, 0.15) is 11.6 Å². The average Bonchev–Trinajstić information content (AvgIpc) is 3.48. The highest BCUT2D eigenvalue weighted by Gasteiger charge is 2.80. The Morgan fingerprint density at radius 2 is 1.79 bits per heavy atom. The van der Waals surface area contributed by atoms with E-state index in [-0.39, 0.29) is 42.2 Å². The molecule has 8 nitrogen and oxygen atoms in total. The minimum absolute atomic E-state index is 0.0735. The van der Waals surface area contributed by atoms with Crippen molar-refractivity contribution < 1.29 is 24.2 Å². The molecule has 3 aliphatic heterocycles. The maximum atomic E-state index is 14.8. The number of fused-ring (bicyclic) bond motifs is 1. The molecule has 3 saturated heterocycles. The summed E-state index contributed by atoms with van der Waals surface area (Å²) in [6.07, 6.45) is 5.60. The van der Waals surface area contributed by atoms with Gasteiger partial charge < -0.3 is 24.5 Å². The van der Waals surface area contributed by atoms with Crippen LogP contribution in [0.1, 0.15) is 66.4 Å². The van der Waals surface area contributed by atoms with Gasteiger partial charge in [-0.1, -0.05) is 76.6 Å². The number of amides is 3. The van der Waals surface area contributed by atoms with Gasteiger partial charge >= 0.3 is 0 Å². The Morgan fingerprint density at radius 1 is 1.14 bits per heavy atom. The predicted molar refractivity (Wildman–Crippen MR) is 168 cm³/mol. The number of benzene rings is 1.